The molecule has 3 rings (SSSR count). The van der Waals surface area contributed by atoms with Crippen molar-refractivity contribution in [2.24, 2.45) is 0 Å². The maximum atomic E-state index is 12.1. The summed E-state index contributed by atoms with van der Waals surface area (Å²) in [6.45, 7) is 1.94. The lowest BCUT2D eigenvalue weighted by atomic mass is 10.2. The molecule has 106 valence electrons. The number of benzene rings is 2. The number of amides is 1. The molecule has 0 spiro atoms. The molecule has 1 amide bonds. The molecular weight excluding hydrogens is 327 g/mol. The van der Waals surface area contributed by atoms with E-state index in [0.29, 0.717) is 20.7 Å². The van der Waals surface area contributed by atoms with Crippen LogP contribution in [0.5, 0.6) is 0 Å². The van der Waals surface area contributed by atoms with Gasteiger partial charge in [0.15, 0.2) is 5.13 Å². The molecule has 0 aliphatic rings. The van der Waals surface area contributed by atoms with Crippen molar-refractivity contribution < 1.29 is 4.79 Å². The summed E-state index contributed by atoms with van der Waals surface area (Å²) >= 11 is 13.3. The maximum absolute atomic E-state index is 12.1. The second-order valence-corrected chi connectivity index (χ2v) is 6.42. The van der Waals surface area contributed by atoms with Gasteiger partial charge in [0.2, 0.25) is 0 Å². The molecule has 3 nitrogen and oxygen atoms in total. The number of anilines is 1. The SMILES string of the molecule is Cc1cc2sc(NC(=O)c3ccc(Cl)cc3)nc2cc1Cl. The molecule has 2 aromatic carbocycles. The summed E-state index contributed by atoms with van der Waals surface area (Å²) in [6, 6.07) is 10.5. The van der Waals surface area contributed by atoms with Gasteiger partial charge >= 0.3 is 0 Å². The molecule has 0 saturated carbocycles. The van der Waals surface area contributed by atoms with E-state index in [0.717, 1.165) is 15.8 Å². The second kappa shape index (κ2) is 5.64. The zero-order chi connectivity index (χ0) is 15.0. The smallest absolute Gasteiger partial charge is 0.257 e. The van der Waals surface area contributed by atoms with Gasteiger partial charge in [-0.25, -0.2) is 4.98 Å². The fourth-order valence-corrected chi connectivity index (χ4v) is 3.10. The van der Waals surface area contributed by atoms with Gasteiger partial charge in [-0.05, 0) is 48.9 Å². The Balaban J connectivity index is 1.87. The Labute approximate surface area is 135 Å². The minimum Gasteiger partial charge on any atom is -0.298 e. The van der Waals surface area contributed by atoms with Crippen LogP contribution < -0.4 is 5.32 Å². The highest BCUT2D eigenvalue weighted by molar-refractivity contribution is 7.22. The Morgan fingerprint density at radius 2 is 1.90 bits per heavy atom. The van der Waals surface area contributed by atoms with E-state index in [1.807, 2.05) is 13.0 Å². The summed E-state index contributed by atoms with van der Waals surface area (Å²) in [5.41, 5.74) is 2.30. The number of carbonyl (C=O) groups is 1. The highest BCUT2D eigenvalue weighted by Crippen LogP contribution is 2.30. The van der Waals surface area contributed by atoms with Crippen LogP contribution in [0.1, 0.15) is 15.9 Å². The van der Waals surface area contributed by atoms with E-state index < -0.39 is 0 Å². The molecular formula is C15H10Cl2N2OS. The molecule has 0 aliphatic carbocycles. The lowest BCUT2D eigenvalue weighted by Gasteiger charge is -2.01. The van der Waals surface area contributed by atoms with E-state index in [4.69, 9.17) is 23.2 Å². The van der Waals surface area contributed by atoms with E-state index in [1.165, 1.54) is 11.3 Å². The molecule has 1 N–H and O–H groups in total. The maximum Gasteiger partial charge on any atom is 0.257 e. The minimum atomic E-state index is -0.214. The molecule has 0 aliphatic heterocycles. The standard InChI is InChI=1S/C15H10Cl2N2OS/c1-8-6-13-12(7-11(8)17)18-15(21-13)19-14(20)9-2-4-10(16)5-3-9/h2-7H,1H3,(H,18,19,20). The van der Waals surface area contributed by atoms with Gasteiger partial charge in [0, 0.05) is 15.6 Å². The third-order valence-corrected chi connectivity index (χ3v) is 4.59. The Bertz CT molecular complexity index is 789. The summed E-state index contributed by atoms with van der Waals surface area (Å²) in [7, 11) is 0. The van der Waals surface area contributed by atoms with Crippen LogP contribution in [0.15, 0.2) is 36.4 Å². The predicted molar refractivity (Wildman–Crippen MR) is 88.8 cm³/mol. The third kappa shape index (κ3) is 3.02. The van der Waals surface area contributed by atoms with Crippen molar-refractivity contribution in [3.05, 3.63) is 57.6 Å². The van der Waals surface area contributed by atoms with Crippen LogP contribution in [0.4, 0.5) is 5.13 Å². The number of thiazole rings is 1. The van der Waals surface area contributed by atoms with Gasteiger partial charge in [-0.1, -0.05) is 34.5 Å². The lowest BCUT2D eigenvalue weighted by molar-refractivity contribution is 0.102. The van der Waals surface area contributed by atoms with E-state index in [-0.39, 0.29) is 5.91 Å². The van der Waals surface area contributed by atoms with Crippen LogP contribution in [0.3, 0.4) is 0 Å². The van der Waals surface area contributed by atoms with Crippen molar-refractivity contribution in [2.45, 2.75) is 6.92 Å². The molecule has 0 fully saturated rings. The van der Waals surface area contributed by atoms with E-state index in [2.05, 4.69) is 10.3 Å². The molecule has 0 bridgehead atoms. The largest absolute Gasteiger partial charge is 0.298 e. The Morgan fingerprint density at radius 1 is 1.19 bits per heavy atom. The number of halogens is 2. The molecule has 1 aromatic heterocycles. The summed E-state index contributed by atoms with van der Waals surface area (Å²) < 4.78 is 0.989. The quantitative estimate of drug-likeness (QED) is 0.701. The first-order valence-electron chi connectivity index (χ1n) is 6.16. The van der Waals surface area contributed by atoms with Gasteiger partial charge in [0.05, 0.1) is 10.2 Å². The lowest BCUT2D eigenvalue weighted by Crippen LogP contribution is -2.11. The molecule has 3 aromatic rings. The van der Waals surface area contributed by atoms with Crippen molar-refractivity contribution in [3.8, 4) is 0 Å². The summed E-state index contributed by atoms with van der Waals surface area (Å²) in [5.74, 6) is -0.214. The molecule has 1 heterocycles. The van der Waals surface area contributed by atoms with Crippen molar-refractivity contribution in [1.82, 2.24) is 4.98 Å². The Hall–Kier alpha value is -1.62. The monoisotopic (exact) mass is 336 g/mol. The van der Waals surface area contributed by atoms with Crippen molar-refractivity contribution in [3.63, 3.8) is 0 Å². The highest BCUT2D eigenvalue weighted by Gasteiger charge is 2.11. The van der Waals surface area contributed by atoms with Crippen molar-refractivity contribution in [2.75, 3.05) is 5.32 Å². The average molecular weight is 337 g/mol. The van der Waals surface area contributed by atoms with Gasteiger partial charge in [-0.2, -0.15) is 0 Å². The van der Waals surface area contributed by atoms with E-state index in [9.17, 15) is 4.79 Å². The normalized spacial score (nSPS) is 10.8. The number of carbonyl (C=O) groups excluding carboxylic acids is 1. The molecule has 0 radical (unpaired) electrons. The van der Waals surface area contributed by atoms with Gasteiger partial charge in [-0.15, -0.1) is 0 Å². The summed E-state index contributed by atoms with van der Waals surface area (Å²) in [6.07, 6.45) is 0. The van der Waals surface area contributed by atoms with Crippen LogP contribution >= 0.6 is 34.5 Å². The molecule has 0 atom stereocenters. The Morgan fingerprint density at radius 3 is 2.62 bits per heavy atom. The minimum absolute atomic E-state index is 0.214. The zero-order valence-electron chi connectivity index (χ0n) is 11.0. The fourth-order valence-electron chi connectivity index (χ4n) is 1.87. The predicted octanol–water partition coefficient (Wildman–Crippen LogP) is 5.16. The zero-order valence-corrected chi connectivity index (χ0v) is 13.3. The fraction of sp³-hybridized carbons (Fsp3) is 0.0667. The topological polar surface area (TPSA) is 42.0 Å². The van der Waals surface area contributed by atoms with Crippen LogP contribution in [-0.4, -0.2) is 10.9 Å². The van der Waals surface area contributed by atoms with Crippen LogP contribution in [0, 0.1) is 6.92 Å². The number of hydrogen-bond acceptors (Lipinski definition) is 3. The van der Waals surface area contributed by atoms with Gasteiger partial charge in [-0.3, -0.25) is 10.1 Å². The summed E-state index contributed by atoms with van der Waals surface area (Å²) in [4.78, 5) is 16.5. The molecule has 0 unspecified atom stereocenters. The van der Waals surface area contributed by atoms with Crippen LogP contribution in [-0.2, 0) is 0 Å². The molecule has 6 heteroatoms. The van der Waals surface area contributed by atoms with Crippen molar-refractivity contribution in [1.29, 1.82) is 0 Å². The van der Waals surface area contributed by atoms with E-state index in [1.54, 1.807) is 30.3 Å². The van der Waals surface area contributed by atoms with Gasteiger partial charge < -0.3 is 0 Å². The summed E-state index contributed by atoms with van der Waals surface area (Å²) in [5, 5.41) is 4.60. The number of hydrogen-bond donors (Lipinski definition) is 1. The van der Waals surface area contributed by atoms with Crippen LogP contribution in [0.25, 0.3) is 10.2 Å². The number of rotatable bonds is 2. The number of nitrogens with one attached hydrogen (secondary N) is 1. The second-order valence-electron chi connectivity index (χ2n) is 4.55. The number of fused-ring (bicyclic) bond motifs is 1. The van der Waals surface area contributed by atoms with Crippen LogP contribution in [0.2, 0.25) is 10.0 Å². The molecule has 0 saturated heterocycles. The average Bonchev–Trinajstić information content (AvgIpc) is 2.81. The third-order valence-electron chi connectivity index (χ3n) is 3.00. The number of aryl methyl sites for hydroxylation is 1. The van der Waals surface area contributed by atoms with Crippen molar-refractivity contribution >= 4 is 55.8 Å². The van der Waals surface area contributed by atoms with Gasteiger partial charge in [0.1, 0.15) is 0 Å². The molecule has 21 heavy (non-hydrogen) atoms. The highest BCUT2D eigenvalue weighted by atomic mass is 35.5. The van der Waals surface area contributed by atoms with Gasteiger partial charge in [0.25, 0.3) is 5.91 Å². The first kappa shape index (κ1) is 14.3. The number of nitrogens with zero attached hydrogens (tertiary/aromatic N) is 1. The van der Waals surface area contributed by atoms with E-state index >= 15 is 0 Å². The Kier molecular flexibility index (Phi) is 3.85. The first-order valence-corrected chi connectivity index (χ1v) is 7.74. The first-order chi connectivity index (χ1) is 10.0. The number of aromatic nitrogens is 1.